The van der Waals surface area contributed by atoms with Crippen LogP contribution in [0.25, 0.3) is 0 Å². The highest BCUT2D eigenvalue weighted by atomic mass is 127. The van der Waals surface area contributed by atoms with Crippen LogP contribution in [0.5, 0.6) is 0 Å². The molecular formula is C10H14IN. The van der Waals surface area contributed by atoms with Gasteiger partial charge in [-0.1, -0.05) is 12.1 Å². The van der Waals surface area contributed by atoms with Crippen molar-refractivity contribution in [1.29, 1.82) is 0 Å². The molecule has 0 radical (unpaired) electrons. The van der Waals surface area contributed by atoms with E-state index in [1.807, 2.05) is 0 Å². The van der Waals surface area contributed by atoms with E-state index in [0.29, 0.717) is 6.04 Å². The number of hydrogen-bond acceptors (Lipinski definition) is 1. The third kappa shape index (κ3) is 2.12. The van der Waals surface area contributed by atoms with Crippen LogP contribution in [0.3, 0.4) is 0 Å². The summed E-state index contributed by atoms with van der Waals surface area (Å²) in [7, 11) is 2.13. The molecule has 1 nitrogen and oxygen atoms in total. The topological polar surface area (TPSA) is 3.24 Å². The van der Waals surface area contributed by atoms with E-state index in [4.69, 9.17) is 0 Å². The maximum absolute atomic E-state index is 2.37. The number of halogens is 1. The lowest BCUT2D eigenvalue weighted by atomic mass is 10.2. The molecule has 0 aliphatic carbocycles. The van der Waals surface area contributed by atoms with Gasteiger partial charge in [-0.25, -0.2) is 0 Å². The Kier molecular flexibility index (Phi) is 3.38. The standard InChI is InChI=1S/C10H14IN/c1-8(2)12(3)10-7-5-4-6-9(10)11/h4-8H,1-3H3. The summed E-state index contributed by atoms with van der Waals surface area (Å²) < 4.78 is 1.31. The molecule has 0 amide bonds. The van der Waals surface area contributed by atoms with Crippen LogP contribution in [-0.2, 0) is 0 Å². The zero-order chi connectivity index (χ0) is 9.14. The molecule has 1 rings (SSSR count). The summed E-state index contributed by atoms with van der Waals surface area (Å²) in [6.07, 6.45) is 0. The summed E-state index contributed by atoms with van der Waals surface area (Å²) in [5.74, 6) is 0. The van der Waals surface area contributed by atoms with Gasteiger partial charge in [-0.2, -0.15) is 0 Å². The normalized spacial score (nSPS) is 10.4. The number of nitrogens with zero attached hydrogens (tertiary/aromatic N) is 1. The highest BCUT2D eigenvalue weighted by Gasteiger charge is 2.06. The SMILES string of the molecule is CC(C)N(C)c1ccccc1I. The van der Waals surface area contributed by atoms with Crippen molar-refractivity contribution in [3.05, 3.63) is 27.8 Å². The summed E-state index contributed by atoms with van der Waals surface area (Å²) in [4.78, 5) is 2.28. The zero-order valence-corrected chi connectivity index (χ0v) is 9.87. The maximum Gasteiger partial charge on any atom is 0.0501 e. The largest absolute Gasteiger partial charge is 0.371 e. The van der Waals surface area contributed by atoms with E-state index in [1.165, 1.54) is 9.26 Å². The van der Waals surface area contributed by atoms with Crippen molar-refractivity contribution in [1.82, 2.24) is 0 Å². The molecule has 0 saturated heterocycles. The Morgan fingerprint density at radius 2 is 1.83 bits per heavy atom. The fourth-order valence-corrected chi connectivity index (χ4v) is 1.78. The first-order chi connectivity index (χ1) is 5.63. The van der Waals surface area contributed by atoms with Crippen molar-refractivity contribution < 1.29 is 0 Å². The summed E-state index contributed by atoms with van der Waals surface area (Å²) in [5, 5.41) is 0. The van der Waals surface area contributed by atoms with Crippen LogP contribution in [0.15, 0.2) is 24.3 Å². The highest BCUT2D eigenvalue weighted by molar-refractivity contribution is 14.1. The minimum absolute atomic E-state index is 0.556. The van der Waals surface area contributed by atoms with Crippen LogP contribution < -0.4 is 4.90 Å². The quantitative estimate of drug-likeness (QED) is 0.749. The average Bonchev–Trinajstić information content (AvgIpc) is 2.04. The predicted molar refractivity (Wildman–Crippen MR) is 62.7 cm³/mol. The fraction of sp³-hybridized carbons (Fsp3) is 0.400. The minimum atomic E-state index is 0.556. The van der Waals surface area contributed by atoms with Crippen molar-refractivity contribution in [3.8, 4) is 0 Å². The smallest absolute Gasteiger partial charge is 0.0501 e. The lowest BCUT2D eigenvalue weighted by Crippen LogP contribution is -2.26. The Hall–Kier alpha value is -0.250. The number of benzene rings is 1. The van der Waals surface area contributed by atoms with E-state index < -0.39 is 0 Å². The summed E-state index contributed by atoms with van der Waals surface area (Å²) in [5.41, 5.74) is 1.31. The van der Waals surface area contributed by atoms with E-state index in [-0.39, 0.29) is 0 Å². The average molecular weight is 275 g/mol. The first-order valence-electron chi connectivity index (χ1n) is 4.10. The Morgan fingerprint density at radius 3 is 2.33 bits per heavy atom. The first kappa shape index (κ1) is 9.84. The van der Waals surface area contributed by atoms with Crippen LogP contribution in [0.2, 0.25) is 0 Å². The molecule has 12 heavy (non-hydrogen) atoms. The molecule has 1 aromatic rings. The van der Waals surface area contributed by atoms with E-state index in [9.17, 15) is 0 Å². The lowest BCUT2D eigenvalue weighted by Gasteiger charge is -2.24. The fourth-order valence-electron chi connectivity index (χ4n) is 1.02. The molecule has 0 bridgehead atoms. The second-order valence-electron chi connectivity index (χ2n) is 3.16. The Balaban J connectivity index is 2.94. The molecule has 66 valence electrons. The Labute approximate surface area is 87.9 Å². The molecule has 0 aliphatic heterocycles. The van der Waals surface area contributed by atoms with Gasteiger partial charge in [-0.05, 0) is 48.6 Å². The second kappa shape index (κ2) is 4.12. The van der Waals surface area contributed by atoms with Crippen LogP contribution >= 0.6 is 22.6 Å². The summed E-state index contributed by atoms with van der Waals surface area (Å²) in [6, 6.07) is 8.99. The molecular weight excluding hydrogens is 261 g/mol. The molecule has 1 aromatic carbocycles. The van der Waals surface area contributed by atoms with Gasteiger partial charge >= 0.3 is 0 Å². The van der Waals surface area contributed by atoms with Crippen molar-refractivity contribution in [3.63, 3.8) is 0 Å². The van der Waals surface area contributed by atoms with Gasteiger partial charge < -0.3 is 4.90 Å². The van der Waals surface area contributed by atoms with Crippen LogP contribution in [0.1, 0.15) is 13.8 Å². The van der Waals surface area contributed by atoms with Crippen LogP contribution in [0.4, 0.5) is 5.69 Å². The third-order valence-corrected chi connectivity index (χ3v) is 2.92. The number of hydrogen-bond donors (Lipinski definition) is 0. The van der Waals surface area contributed by atoms with Crippen molar-refractivity contribution in [2.45, 2.75) is 19.9 Å². The van der Waals surface area contributed by atoms with E-state index in [1.54, 1.807) is 0 Å². The third-order valence-electron chi connectivity index (χ3n) is 2.01. The molecule has 0 heterocycles. The van der Waals surface area contributed by atoms with Crippen molar-refractivity contribution in [2.24, 2.45) is 0 Å². The molecule has 0 saturated carbocycles. The molecule has 0 unspecified atom stereocenters. The van der Waals surface area contributed by atoms with Gasteiger partial charge in [0, 0.05) is 16.7 Å². The van der Waals surface area contributed by atoms with E-state index in [0.717, 1.165) is 0 Å². The molecule has 0 fully saturated rings. The molecule has 0 spiro atoms. The van der Waals surface area contributed by atoms with Crippen molar-refractivity contribution >= 4 is 28.3 Å². The van der Waals surface area contributed by atoms with Gasteiger partial charge in [0.25, 0.3) is 0 Å². The van der Waals surface area contributed by atoms with Gasteiger partial charge in [-0.3, -0.25) is 0 Å². The van der Waals surface area contributed by atoms with Crippen LogP contribution in [0, 0.1) is 3.57 Å². The molecule has 0 aromatic heterocycles. The Morgan fingerprint density at radius 1 is 1.25 bits per heavy atom. The van der Waals surface area contributed by atoms with Crippen LogP contribution in [-0.4, -0.2) is 13.1 Å². The number of rotatable bonds is 2. The maximum atomic E-state index is 2.37. The number of anilines is 1. The highest BCUT2D eigenvalue weighted by Crippen LogP contribution is 2.21. The molecule has 0 aliphatic rings. The number of para-hydroxylation sites is 1. The van der Waals surface area contributed by atoms with Gasteiger partial charge in [0.15, 0.2) is 0 Å². The molecule has 0 N–H and O–H groups in total. The van der Waals surface area contributed by atoms with Gasteiger partial charge in [-0.15, -0.1) is 0 Å². The zero-order valence-electron chi connectivity index (χ0n) is 7.71. The van der Waals surface area contributed by atoms with Gasteiger partial charge in [0.1, 0.15) is 0 Å². The monoisotopic (exact) mass is 275 g/mol. The van der Waals surface area contributed by atoms with Crippen molar-refractivity contribution in [2.75, 3.05) is 11.9 Å². The second-order valence-corrected chi connectivity index (χ2v) is 4.32. The van der Waals surface area contributed by atoms with E-state index >= 15 is 0 Å². The van der Waals surface area contributed by atoms with Gasteiger partial charge in [0.05, 0.1) is 5.69 Å². The van der Waals surface area contributed by atoms with Gasteiger partial charge in [0.2, 0.25) is 0 Å². The summed E-state index contributed by atoms with van der Waals surface area (Å²) >= 11 is 2.37. The predicted octanol–water partition coefficient (Wildman–Crippen LogP) is 3.14. The first-order valence-corrected chi connectivity index (χ1v) is 5.18. The molecule has 0 atom stereocenters. The lowest BCUT2D eigenvalue weighted by molar-refractivity contribution is 0.753. The Bertz CT molecular complexity index is 258. The van der Waals surface area contributed by atoms with E-state index in [2.05, 4.69) is 72.7 Å². The summed E-state index contributed by atoms with van der Waals surface area (Å²) in [6.45, 7) is 4.39. The minimum Gasteiger partial charge on any atom is -0.371 e. The molecule has 2 heteroatoms.